The molecule has 3 nitrogen and oxygen atoms in total. The van der Waals surface area contributed by atoms with Gasteiger partial charge in [0.2, 0.25) is 6.10 Å². The fraction of sp³-hybridized carbons (Fsp3) is 0.300. The normalized spacial score (nSPS) is 24.1. The summed E-state index contributed by atoms with van der Waals surface area (Å²) in [5.41, 5.74) is 0.601. The Kier molecular flexibility index (Phi) is 2.01. The van der Waals surface area contributed by atoms with Crippen molar-refractivity contribution in [2.75, 3.05) is 5.32 Å². The third kappa shape index (κ3) is 1.37. The predicted octanol–water partition coefficient (Wildman–Crippen LogP) is 1.91. The van der Waals surface area contributed by atoms with E-state index in [2.05, 4.69) is 5.32 Å². The van der Waals surface area contributed by atoms with Crippen molar-refractivity contribution in [3.63, 3.8) is 0 Å². The number of benzene rings is 1. The summed E-state index contributed by atoms with van der Waals surface area (Å²) in [5.74, 6) is 0.207. The molecule has 4 heteroatoms. The van der Waals surface area contributed by atoms with Gasteiger partial charge in [-0.3, -0.25) is 0 Å². The van der Waals surface area contributed by atoms with Crippen molar-refractivity contribution in [2.45, 2.75) is 19.1 Å². The van der Waals surface area contributed by atoms with E-state index in [4.69, 9.17) is 10.00 Å². The number of nitrogens with one attached hydrogen (secondary N) is 1. The van der Waals surface area contributed by atoms with E-state index >= 15 is 0 Å². The number of anilines is 1. The van der Waals surface area contributed by atoms with E-state index in [1.54, 1.807) is 0 Å². The molecule has 0 amide bonds. The van der Waals surface area contributed by atoms with Crippen LogP contribution < -0.4 is 10.1 Å². The van der Waals surface area contributed by atoms with Crippen molar-refractivity contribution in [1.29, 1.82) is 5.26 Å². The van der Waals surface area contributed by atoms with E-state index < -0.39 is 6.10 Å². The molecule has 1 N–H and O–H groups in total. The van der Waals surface area contributed by atoms with Crippen molar-refractivity contribution < 1.29 is 9.13 Å². The van der Waals surface area contributed by atoms with Crippen LogP contribution in [-0.4, -0.2) is 12.1 Å². The fourth-order valence-corrected chi connectivity index (χ4v) is 1.42. The van der Waals surface area contributed by atoms with Gasteiger partial charge in [0.1, 0.15) is 17.6 Å². The van der Waals surface area contributed by atoms with Gasteiger partial charge in [0.15, 0.2) is 0 Å². The Balaban J connectivity index is 2.36. The Morgan fingerprint density at radius 2 is 2.36 bits per heavy atom. The third-order valence-electron chi connectivity index (χ3n) is 2.16. The molecule has 72 valence electrons. The van der Waals surface area contributed by atoms with Crippen LogP contribution in [0.2, 0.25) is 0 Å². The van der Waals surface area contributed by atoms with Gasteiger partial charge in [0.25, 0.3) is 0 Å². The van der Waals surface area contributed by atoms with Crippen LogP contribution in [0.25, 0.3) is 0 Å². The number of hydrogen-bond donors (Lipinski definition) is 1. The molecule has 14 heavy (non-hydrogen) atoms. The van der Waals surface area contributed by atoms with E-state index in [1.807, 2.05) is 13.0 Å². The van der Waals surface area contributed by atoms with Crippen LogP contribution in [0.5, 0.6) is 5.75 Å². The highest BCUT2D eigenvalue weighted by molar-refractivity contribution is 5.59. The standard InChI is InChI=1S/C10H9FN2O/c1-6-10(5-12)14-9-3-2-7(11)4-8(9)13-6/h2-4,6,10,13H,1H3. The Bertz CT molecular complexity index is 400. The largest absolute Gasteiger partial charge is 0.471 e. The Morgan fingerprint density at radius 1 is 1.57 bits per heavy atom. The van der Waals surface area contributed by atoms with Crippen LogP contribution in [0.1, 0.15) is 6.92 Å². The number of halogens is 1. The second-order valence-corrected chi connectivity index (χ2v) is 3.24. The first-order valence-corrected chi connectivity index (χ1v) is 4.33. The maximum atomic E-state index is 12.8. The monoisotopic (exact) mass is 192 g/mol. The lowest BCUT2D eigenvalue weighted by atomic mass is 10.1. The summed E-state index contributed by atoms with van der Waals surface area (Å²) in [6.45, 7) is 1.82. The van der Waals surface area contributed by atoms with Gasteiger partial charge >= 0.3 is 0 Å². The summed E-state index contributed by atoms with van der Waals surface area (Å²) in [5, 5.41) is 11.8. The molecule has 2 atom stereocenters. The Hall–Kier alpha value is -1.76. The molecule has 1 aromatic carbocycles. The van der Waals surface area contributed by atoms with Gasteiger partial charge in [0.05, 0.1) is 11.7 Å². The first-order valence-electron chi connectivity index (χ1n) is 4.33. The molecule has 1 aliphatic heterocycles. The third-order valence-corrected chi connectivity index (χ3v) is 2.16. The summed E-state index contributed by atoms with van der Waals surface area (Å²) in [4.78, 5) is 0. The number of nitriles is 1. The number of nitrogens with zero attached hydrogens (tertiary/aromatic N) is 1. The molecule has 0 saturated heterocycles. The zero-order chi connectivity index (χ0) is 10.1. The Morgan fingerprint density at radius 3 is 3.07 bits per heavy atom. The average Bonchev–Trinajstić information content (AvgIpc) is 2.16. The van der Waals surface area contributed by atoms with E-state index in [-0.39, 0.29) is 11.9 Å². The average molecular weight is 192 g/mol. The van der Waals surface area contributed by atoms with Gasteiger partial charge in [-0.1, -0.05) is 0 Å². The van der Waals surface area contributed by atoms with Crippen LogP contribution >= 0.6 is 0 Å². The fourth-order valence-electron chi connectivity index (χ4n) is 1.42. The first kappa shape index (κ1) is 8.82. The number of ether oxygens (including phenoxy) is 1. The minimum atomic E-state index is -0.520. The van der Waals surface area contributed by atoms with E-state index in [0.717, 1.165) is 0 Å². The highest BCUT2D eigenvalue weighted by Gasteiger charge is 2.25. The van der Waals surface area contributed by atoms with Gasteiger partial charge in [-0.05, 0) is 19.1 Å². The summed E-state index contributed by atoms with van der Waals surface area (Å²) in [6, 6.07) is 6.09. The zero-order valence-electron chi connectivity index (χ0n) is 7.62. The highest BCUT2D eigenvalue weighted by atomic mass is 19.1. The molecule has 0 saturated carbocycles. The van der Waals surface area contributed by atoms with Crippen LogP contribution in [-0.2, 0) is 0 Å². The molecule has 0 aliphatic carbocycles. The summed E-state index contributed by atoms with van der Waals surface area (Å²) >= 11 is 0. The number of hydrogen-bond acceptors (Lipinski definition) is 3. The molecule has 1 aliphatic rings. The van der Waals surface area contributed by atoms with Crippen molar-refractivity contribution in [3.8, 4) is 11.8 Å². The zero-order valence-corrected chi connectivity index (χ0v) is 7.62. The van der Waals surface area contributed by atoms with Crippen molar-refractivity contribution in [2.24, 2.45) is 0 Å². The topological polar surface area (TPSA) is 45.0 Å². The lowest BCUT2D eigenvalue weighted by Gasteiger charge is -2.28. The van der Waals surface area contributed by atoms with Crippen molar-refractivity contribution >= 4 is 5.69 Å². The number of rotatable bonds is 0. The van der Waals surface area contributed by atoms with Gasteiger partial charge in [0, 0.05) is 6.07 Å². The van der Waals surface area contributed by atoms with Gasteiger partial charge in [-0.15, -0.1) is 0 Å². The summed E-state index contributed by atoms with van der Waals surface area (Å²) in [6.07, 6.45) is -0.520. The van der Waals surface area contributed by atoms with Crippen LogP contribution in [0, 0.1) is 17.1 Å². The maximum Gasteiger partial charge on any atom is 0.204 e. The molecule has 0 aromatic heterocycles. The molecule has 0 bridgehead atoms. The Labute approximate surface area is 81.1 Å². The maximum absolute atomic E-state index is 12.8. The van der Waals surface area contributed by atoms with E-state index in [9.17, 15) is 4.39 Å². The van der Waals surface area contributed by atoms with Crippen LogP contribution in [0.4, 0.5) is 10.1 Å². The SMILES string of the molecule is CC1Nc2cc(F)ccc2OC1C#N. The van der Waals surface area contributed by atoms with Crippen molar-refractivity contribution in [1.82, 2.24) is 0 Å². The lowest BCUT2D eigenvalue weighted by molar-refractivity contribution is 0.227. The van der Waals surface area contributed by atoms with Gasteiger partial charge in [-0.25, -0.2) is 4.39 Å². The summed E-state index contributed by atoms with van der Waals surface area (Å²) in [7, 11) is 0. The molecule has 2 rings (SSSR count). The molecule has 0 spiro atoms. The molecule has 1 aromatic rings. The lowest BCUT2D eigenvalue weighted by Crippen LogP contribution is -2.38. The van der Waals surface area contributed by atoms with E-state index in [1.165, 1.54) is 18.2 Å². The molecular weight excluding hydrogens is 183 g/mol. The molecule has 2 unspecified atom stereocenters. The second kappa shape index (κ2) is 3.18. The summed E-state index contributed by atoms with van der Waals surface area (Å²) < 4.78 is 18.2. The van der Waals surface area contributed by atoms with E-state index in [0.29, 0.717) is 11.4 Å². The molecule has 0 fully saturated rings. The van der Waals surface area contributed by atoms with Crippen LogP contribution in [0.3, 0.4) is 0 Å². The highest BCUT2D eigenvalue weighted by Crippen LogP contribution is 2.31. The van der Waals surface area contributed by atoms with Crippen LogP contribution in [0.15, 0.2) is 18.2 Å². The smallest absolute Gasteiger partial charge is 0.204 e. The predicted molar refractivity (Wildman–Crippen MR) is 49.5 cm³/mol. The number of fused-ring (bicyclic) bond motifs is 1. The molecule has 1 heterocycles. The van der Waals surface area contributed by atoms with Gasteiger partial charge < -0.3 is 10.1 Å². The molecule has 0 radical (unpaired) electrons. The minimum Gasteiger partial charge on any atom is -0.471 e. The quantitative estimate of drug-likeness (QED) is 0.682. The minimum absolute atomic E-state index is 0.130. The van der Waals surface area contributed by atoms with Gasteiger partial charge in [-0.2, -0.15) is 5.26 Å². The molecular formula is C10H9FN2O. The second-order valence-electron chi connectivity index (χ2n) is 3.24. The first-order chi connectivity index (χ1) is 6.70. The van der Waals surface area contributed by atoms with Crippen molar-refractivity contribution in [3.05, 3.63) is 24.0 Å².